The Hall–Kier alpha value is -1.42. The van der Waals surface area contributed by atoms with Crippen LogP contribution in [0.1, 0.15) is 79.6 Å². The molecule has 3 saturated carbocycles. The summed E-state index contributed by atoms with van der Waals surface area (Å²) in [4.78, 5) is 24.1. The lowest BCUT2D eigenvalue weighted by Gasteiger charge is -2.61. The quantitative estimate of drug-likeness (QED) is 0.451. The van der Waals surface area contributed by atoms with Gasteiger partial charge in [0.25, 0.3) is 0 Å². The van der Waals surface area contributed by atoms with Crippen LogP contribution in [-0.2, 0) is 14.3 Å². The third kappa shape index (κ3) is 3.61. The third-order valence-electron chi connectivity index (χ3n) is 10.2. The van der Waals surface area contributed by atoms with Crippen molar-refractivity contribution < 1.29 is 19.4 Å². The summed E-state index contributed by atoms with van der Waals surface area (Å²) in [6, 6.07) is 0. The van der Waals surface area contributed by atoms with Gasteiger partial charge in [0, 0.05) is 18.4 Å². The van der Waals surface area contributed by atoms with Crippen molar-refractivity contribution in [1.29, 1.82) is 0 Å². The van der Waals surface area contributed by atoms with Gasteiger partial charge in [0.2, 0.25) is 0 Å². The van der Waals surface area contributed by atoms with Gasteiger partial charge in [-0.3, -0.25) is 4.79 Å². The summed E-state index contributed by atoms with van der Waals surface area (Å²) >= 11 is 0. The van der Waals surface area contributed by atoms with E-state index in [1.54, 1.807) is 6.08 Å². The highest BCUT2D eigenvalue weighted by Crippen LogP contribution is 2.68. The molecule has 0 saturated heterocycles. The van der Waals surface area contributed by atoms with Gasteiger partial charge < -0.3 is 9.84 Å². The average Bonchev–Trinajstić information content (AvgIpc) is 3.11. The monoisotopic (exact) mass is 442 g/mol. The zero-order valence-corrected chi connectivity index (χ0v) is 20.6. The molecule has 4 heteroatoms. The molecule has 0 aromatic rings. The number of esters is 1. The van der Waals surface area contributed by atoms with Crippen LogP contribution in [0.15, 0.2) is 23.8 Å². The van der Waals surface area contributed by atoms with E-state index >= 15 is 0 Å². The summed E-state index contributed by atoms with van der Waals surface area (Å²) in [5.41, 5.74) is 1.47. The minimum Gasteiger partial charge on any atom is -0.463 e. The molecule has 1 N–H and O–H groups in total. The predicted molar refractivity (Wildman–Crippen MR) is 126 cm³/mol. The number of hydrogen-bond donors (Lipinski definition) is 1. The minimum absolute atomic E-state index is 0.0489. The second-order valence-electron chi connectivity index (χ2n) is 11.5. The van der Waals surface area contributed by atoms with Crippen LogP contribution in [0.2, 0.25) is 0 Å². The van der Waals surface area contributed by atoms with Gasteiger partial charge >= 0.3 is 5.97 Å². The predicted octanol–water partition coefficient (Wildman–Crippen LogP) is 5.50. The number of allylic oxidation sites excluding steroid dienone is 1. The van der Waals surface area contributed by atoms with E-state index in [4.69, 9.17) is 4.74 Å². The molecule has 0 radical (unpaired) electrons. The maximum atomic E-state index is 12.3. The Morgan fingerprint density at radius 1 is 1.22 bits per heavy atom. The van der Waals surface area contributed by atoms with Crippen molar-refractivity contribution in [2.75, 3.05) is 6.61 Å². The molecule has 4 rings (SSSR count). The van der Waals surface area contributed by atoms with Gasteiger partial charge in [-0.1, -0.05) is 39.3 Å². The smallest absolute Gasteiger partial charge is 0.330 e. The van der Waals surface area contributed by atoms with Crippen molar-refractivity contribution >= 4 is 11.8 Å². The molecule has 0 aliphatic heterocycles. The maximum Gasteiger partial charge on any atom is 0.330 e. The number of rotatable bonds is 5. The van der Waals surface area contributed by atoms with Gasteiger partial charge in [-0.2, -0.15) is 0 Å². The molecule has 0 amide bonds. The van der Waals surface area contributed by atoms with E-state index in [1.165, 1.54) is 12.0 Å². The van der Waals surface area contributed by atoms with Crippen LogP contribution in [0.5, 0.6) is 0 Å². The van der Waals surface area contributed by atoms with Crippen LogP contribution in [0.25, 0.3) is 0 Å². The lowest BCUT2D eigenvalue weighted by Crippen LogP contribution is -2.58. The van der Waals surface area contributed by atoms with E-state index in [1.807, 2.05) is 19.1 Å². The Labute approximate surface area is 193 Å². The van der Waals surface area contributed by atoms with E-state index in [-0.39, 0.29) is 34.6 Å². The molecule has 32 heavy (non-hydrogen) atoms. The van der Waals surface area contributed by atoms with Crippen molar-refractivity contribution in [2.45, 2.75) is 85.7 Å². The van der Waals surface area contributed by atoms with Crippen molar-refractivity contribution in [3.05, 3.63) is 23.8 Å². The van der Waals surface area contributed by atoms with E-state index in [2.05, 4.69) is 27.7 Å². The van der Waals surface area contributed by atoms with Crippen molar-refractivity contribution in [2.24, 2.45) is 46.3 Å². The first kappa shape index (κ1) is 23.7. The van der Waals surface area contributed by atoms with Crippen LogP contribution in [-0.4, -0.2) is 29.6 Å². The molecule has 9 atom stereocenters. The van der Waals surface area contributed by atoms with Crippen LogP contribution in [0, 0.1) is 46.3 Å². The Balaban J connectivity index is 1.62. The van der Waals surface area contributed by atoms with Crippen LogP contribution < -0.4 is 0 Å². The van der Waals surface area contributed by atoms with Crippen molar-refractivity contribution in [1.82, 2.24) is 0 Å². The lowest BCUT2D eigenvalue weighted by molar-refractivity contribution is -0.137. The molecule has 0 unspecified atom stereocenters. The SMILES string of the molecule is CCOC(=O)/C=C/[C@@H](C)[C@H]1CC[C@H]2[C@@H]3[C@H](O)[C@H](CC)C4=CC(=O)CC[C@]4(C)[C@H]3CC[C@]12C. The highest BCUT2D eigenvalue weighted by atomic mass is 16.5. The Kier molecular flexibility index (Phi) is 6.48. The van der Waals surface area contributed by atoms with E-state index in [0.29, 0.717) is 42.6 Å². The number of aliphatic hydroxyl groups excluding tert-OH is 1. The summed E-state index contributed by atoms with van der Waals surface area (Å²) in [6.07, 6.45) is 12.3. The number of carbonyl (C=O) groups excluding carboxylic acids is 2. The minimum atomic E-state index is -0.357. The van der Waals surface area contributed by atoms with Crippen LogP contribution in [0.4, 0.5) is 0 Å². The highest BCUT2D eigenvalue weighted by Gasteiger charge is 2.63. The van der Waals surface area contributed by atoms with Crippen LogP contribution in [0.3, 0.4) is 0 Å². The van der Waals surface area contributed by atoms with Crippen molar-refractivity contribution in [3.63, 3.8) is 0 Å². The molecule has 0 heterocycles. The molecule has 0 spiro atoms. The zero-order chi connectivity index (χ0) is 23.3. The highest BCUT2D eigenvalue weighted by molar-refractivity contribution is 5.91. The fraction of sp³-hybridized carbons (Fsp3) is 0.786. The average molecular weight is 443 g/mol. The summed E-state index contributed by atoms with van der Waals surface area (Å²) in [7, 11) is 0. The molecule has 0 aromatic heterocycles. The molecule has 4 aliphatic rings. The molecule has 0 bridgehead atoms. The largest absolute Gasteiger partial charge is 0.463 e. The first-order valence-corrected chi connectivity index (χ1v) is 12.9. The van der Waals surface area contributed by atoms with E-state index < -0.39 is 0 Å². The topological polar surface area (TPSA) is 63.6 Å². The van der Waals surface area contributed by atoms with Crippen molar-refractivity contribution in [3.8, 4) is 0 Å². The van der Waals surface area contributed by atoms with Gasteiger partial charge in [0.15, 0.2) is 5.78 Å². The Morgan fingerprint density at radius 2 is 1.97 bits per heavy atom. The number of fused-ring (bicyclic) bond motifs is 5. The normalized spacial score (nSPS) is 44.4. The van der Waals surface area contributed by atoms with Gasteiger partial charge in [0.1, 0.15) is 0 Å². The first-order chi connectivity index (χ1) is 15.2. The lowest BCUT2D eigenvalue weighted by atomic mass is 9.43. The van der Waals surface area contributed by atoms with Crippen LogP contribution >= 0.6 is 0 Å². The molecule has 0 aromatic carbocycles. The van der Waals surface area contributed by atoms with Gasteiger partial charge in [-0.25, -0.2) is 4.79 Å². The fourth-order valence-corrected chi connectivity index (χ4v) is 8.65. The molecule has 4 aliphatic carbocycles. The number of aliphatic hydroxyl groups is 1. The molecule has 3 fully saturated rings. The van der Waals surface area contributed by atoms with Gasteiger partial charge in [-0.05, 0) is 91.9 Å². The Bertz CT molecular complexity index is 812. The second-order valence-corrected chi connectivity index (χ2v) is 11.5. The number of ether oxygens (including phenoxy) is 1. The third-order valence-corrected chi connectivity index (χ3v) is 10.2. The number of hydrogen-bond acceptors (Lipinski definition) is 4. The summed E-state index contributed by atoms with van der Waals surface area (Å²) in [6.45, 7) is 11.5. The molecule has 178 valence electrons. The van der Waals surface area contributed by atoms with Gasteiger partial charge in [0.05, 0.1) is 12.7 Å². The fourth-order valence-electron chi connectivity index (χ4n) is 8.65. The van der Waals surface area contributed by atoms with Gasteiger partial charge in [-0.15, -0.1) is 0 Å². The maximum absolute atomic E-state index is 12.3. The Morgan fingerprint density at radius 3 is 2.66 bits per heavy atom. The second kappa shape index (κ2) is 8.74. The molecule has 4 nitrogen and oxygen atoms in total. The summed E-state index contributed by atoms with van der Waals surface area (Å²) in [5, 5.41) is 11.7. The molecular formula is C28H42O4. The first-order valence-electron chi connectivity index (χ1n) is 12.9. The standard InChI is InChI=1S/C28H42O4/c1-6-19-23-16-18(29)12-14-28(23,5)22-13-15-27(4)20(9-10-21(27)25(22)26(19)31)17(3)8-11-24(30)32-7-2/h8,11,16-17,19-22,25-26,31H,6-7,9-10,12-15H2,1-5H3/b11-8+/t17-,19-,20-,21+,22+,25+,26-,27-,28-/m1/s1. The number of ketones is 1. The molecular weight excluding hydrogens is 400 g/mol. The van der Waals surface area contributed by atoms with E-state index in [0.717, 1.165) is 32.1 Å². The van der Waals surface area contributed by atoms with E-state index in [9.17, 15) is 14.7 Å². The summed E-state index contributed by atoms with van der Waals surface area (Å²) < 4.78 is 5.08. The number of carbonyl (C=O) groups is 2. The zero-order valence-electron chi connectivity index (χ0n) is 20.6. The summed E-state index contributed by atoms with van der Waals surface area (Å²) in [5.74, 6) is 2.19.